The van der Waals surface area contributed by atoms with Gasteiger partial charge in [0.15, 0.2) is 11.5 Å². The monoisotopic (exact) mass is 322 g/mol. The van der Waals surface area contributed by atoms with Crippen molar-refractivity contribution in [1.82, 2.24) is 10.6 Å². The maximum Gasteiger partial charge on any atom is 0.314 e. The quantitative estimate of drug-likeness (QED) is 0.746. The minimum atomic E-state index is -1.08. The van der Waals surface area contributed by atoms with Crippen LogP contribution in [0.4, 0.5) is 4.79 Å². The highest BCUT2D eigenvalue weighted by Gasteiger charge is 2.38. The van der Waals surface area contributed by atoms with Crippen molar-refractivity contribution in [2.24, 2.45) is 5.92 Å². The minimum absolute atomic E-state index is 0.166. The molecule has 0 aliphatic heterocycles. The summed E-state index contributed by atoms with van der Waals surface area (Å²) in [4.78, 5) is 11.8. The molecule has 0 fully saturated rings. The van der Waals surface area contributed by atoms with Crippen molar-refractivity contribution in [3.05, 3.63) is 23.3 Å². The first-order valence-corrected chi connectivity index (χ1v) is 7.89. The second kappa shape index (κ2) is 7.08. The second-order valence-corrected chi connectivity index (χ2v) is 6.35. The van der Waals surface area contributed by atoms with E-state index >= 15 is 0 Å². The lowest BCUT2D eigenvalue weighted by Gasteiger charge is -2.25. The van der Waals surface area contributed by atoms with E-state index in [9.17, 15) is 9.90 Å². The van der Waals surface area contributed by atoms with Gasteiger partial charge in [-0.1, -0.05) is 13.8 Å². The first-order valence-electron chi connectivity index (χ1n) is 7.89. The van der Waals surface area contributed by atoms with Gasteiger partial charge in [-0.3, -0.25) is 0 Å². The molecular formula is C17H26N2O4. The second-order valence-electron chi connectivity index (χ2n) is 6.35. The third-order valence-electron chi connectivity index (χ3n) is 4.13. The Labute approximate surface area is 137 Å². The van der Waals surface area contributed by atoms with Crippen molar-refractivity contribution in [3.8, 4) is 11.5 Å². The molecule has 0 saturated heterocycles. The average molecular weight is 322 g/mol. The molecule has 1 aliphatic rings. The summed E-state index contributed by atoms with van der Waals surface area (Å²) in [6.45, 7) is 4.83. The number of rotatable bonds is 6. The van der Waals surface area contributed by atoms with Crippen LogP contribution in [-0.2, 0) is 12.0 Å². The third kappa shape index (κ3) is 3.88. The first-order chi connectivity index (χ1) is 10.9. The molecule has 3 N–H and O–H groups in total. The number of methoxy groups -OCH3 is 2. The van der Waals surface area contributed by atoms with Gasteiger partial charge in [0.05, 0.1) is 20.8 Å². The molecule has 2 amide bonds. The molecule has 6 nitrogen and oxygen atoms in total. The molecule has 128 valence electrons. The van der Waals surface area contributed by atoms with Crippen molar-refractivity contribution in [2.45, 2.75) is 32.3 Å². The van der Waals surface area contributed by atoms with Crippen LogP contribution in [0.2, 0.25) is 0 Å². The van der Waals surface area contributed by atoms with Crippen LogP contribution in [0, 0.1) is 5.92 Å². The molecule has 0 aromatic heterocycles. The van der Waals surface area contributed by atoms with Crippen LogP contribution in [0.3, 0.4) is 0 Å². The van der Waals surface area contributed by atoms with Crippen LogP contribution in [-0.4, -0.2) is 38.4 Å². The number of urea groups is 1. The fourth-order valence-electron chi connectivity index (χ4n) is 2.81. The molecule has 0 saturated carbocycles. The van der Waals surface area contributed by atoms with Crippen LogP contribution in [0.5, 0.6) is 11.5 Å². The van der Waals surface area contributed by atoms with E-state index in [0.717, 1.165) is 17.5 Å². The van der Waals surface area contributed by atoms with Crippen molar-refractivity contribution in [2.75, 3.05) is 27.3 Å². The molecule has 1 unspecified atom stereocenters. The fraction of sp³-hybridized carbons (Fsp3) is 0.588. The Bertz CT molecular complexity index is 574. The molecule has 0 radical (unpaired) electrons. The summed E-state index contributed by atoms with van der Waals surface area (Å²) in [7, 11) is 3.15. The molecule has 23 heavy (non-hydrogen) atoms. The summed E-state index contributed by atoms with van der Waals surface area (Å²) < 4.78 is 10.6. The zero-order chi connectivity index (χ0) is 17.0. The molecule has 6 heteroatoms. The number of nitrogens with one attached hydrogen (secondary N) is 2. The minimum Gasteiger partial charge on any atom is -0.493 e. The number of aliphatic hydroxyl groups is 1. The van der Waals surface area contributed by atoms with Gasteiger partial charge in [0, 0.05) is 6.54 Å². The van der Waals surface area contributed by atoms with Crippen molar-refractivity contribution in [1.29, 1.82) is 0 Å². The van der Waals surface area contributed by atoms with Gasteiger partial charge in [0.25, 0.3) is 0 Å². The van der Waals surface area contributed by atoms with E-state index in [-0.39, 0.29) is 12.6 Å². The number of carbonyl (C=O) groups is 1. The summed E-state index contributed by atoms with van der Waals surface area (Å²) in [6.07, 6.45) is 1.30. The molecular weight excluding hydrogens is 296 g/mol. The summed E-state index contributed by atoms with van der Waals surface area (Å²) in [5, 5.41) is 16.5. The van der Waals surface area contributed by atoms with Crippen LogP contribution in [0.1, 0.15) is 31.4 Å². The number of benzene rings is 1. The number of amides is 2. The number of fused-ring (bicyclic) bond motifs is 1. The maximum atomic E-state index is 11.8. The van der Waals surface area contributed by atoms with Crippen LogP contribution in [0.15, 0.2) is 12.1 Å². The Morgan fingerprint density at radius 1 is 1.26 bits per heavy atom. The molecule has 1 atom stereocenters. The molecule has 0 heterocycles. The van der Waals surface area contributed by atoms with Crippen molar-refractivity contribution in [3.63, 3.8) is 0 Å². The zero-order valence-electron chi connectivity index (χ0n) is 14.2. The van der Waals surface area contributed by atoms with Gasteiger partial charge in [-0.05, 0) is 42.0 Å². The largest absolute Gasteiger partial charge is 0.493 e. The Hall–Kier alpha value is -1.95. The van der Waals surface area contributed by atoms with E-state index < -0.39 is 5.60 Å². The Balaban J connectivity index is 2.09. The highest BCUT2D eigenvalue weighted by molar-refractivity contribution is 5.74. The normalized spacial score (nSPS) is 19.4. The Morgan fingerprint density at radius 3 is 2.52 bits per heavy atom. The zero-order valence-corrected chi connectivity index (χ0v) is 14.2. The van der Waals surface area contributed by atoms with Gasteiger partial charge in [-0.15, -0.1) is 0 Å². The van der Waals surface area contributed by atoms with Gasteiger partial charge >= 0.3 is 6.03 Å². The molecule has 2 rings (SSSR count). The molecule has 1 aliphatic carbocycles. The van der Waals surface area contributed by atoms with Crippen molar-refractivity contribution < 1.29 is 19.4 Å². The van der Waals surface area contributed by atoms with E-state index in [1.807, 2.05) is 19.9 Å². The highest BCUT2D eigenvalue weighted by Crippen LogP contribution is 2.42. The lowest BCUT2D eigenvalue weighted by atomic mass is 9.95. The first kappa shape index (κ1) is 17.4. The summed E-state index contributed by atoms with van der Waals surface area (Å²) in [6, 6.07) is 3.43. The summed E-state index contributed by atoms with van der Waals surface area (Å²) in [5.74, 6) is 1.61. The lowest BCUT2D eigenvalue weighted by Crippen LogP contribution is -2.44. The van der Waals surface area contributed by atoms with E-state index in [2.05, 4.69) is 10.6 Å². The Kier molecular flexibility index (Phi) is 5.36. The van der Waals surface area contributed by atoms with Gasteiger partial charge in [0.1, 0.15) is 5.60 Å². The third-order valence-corrected chi connectivity index (χ3v) is 4.13. The van der Waals surface area contributed by atoms with Gasteiger partial charge in [-0.25, -0.2) is 4.79 Å². The Morgan fingerprint density at radius 2 is 1.91 bits per heavy atom. The number of hydrogen-bond donors (Lipinski definition) is 3. The number of aryl methyl sites for hydroxylation is 1. The predicted octanol–water partition coefficient (Wildman–Crippen LogP) is 1.79. The molecule has 0 bridgehead atoms. The van der Waals surface area contributed by atoms with E-state index in [0.29, 0.717) is 30.4 Å². The van der Waals surface area contributed by atoms with E-state index in [1.165, 1.54) is 0 Å². The van der Waals surface area contributed by atoms with Gasteiger partial charge in [-0.2, -0.15) is 0 Å². The SMILES string of the molecule is COc1cc2c(cc1OC)C(O)(CNC(=O)NCC(C)C)CC2. The standard InChI is InChI=1S/C17H26N2O4/c1-11(2)9-18-16(20)19-10-17(21)6-5-12-7-14(22-3)15(23-4)8-13(12)17/h7-8,11,21H,5-6,9-10H2,1-4H3,(H2,18,19,20). The summed E-state index contributed by atoms with van der Waals surface area (Å²) >= 11 is 0. The van der Waals surface area contributed by atoms with E-state index in [4.69, 9.17) is 9.47 Å². The van der Waals surface area contributed by atoms with Crippen molar-refractivity contribution >= 4 is 6.03 Å². The number of hydrogen-bond acceptors (Lipinski definition) is 4. The average Bonchev–Trinajstić information content (AvgIpc) is 2.86. The van der Waals surface area contributed by atoms with Crippen LogP contribution in [0.25, 0.3) is 0 Å². The summed E-state index contributed by atoms with van der Waals surface area (Å²) in [5.41, 5.74) is 0.734. The van der Waals surface area contributed by atoms with Gasteiger partial charge < -0.3 is 25.2 Å². The van der Waals surface area contributed by atoms with Crippen LogP contribution < -0.4 is 20.1 Å². The topological polar surface area (TPSA) is 79.8 Å². The van der Waals surface area contributed by atoms with E-state index in [1.54, 1.807) is 20.3 Å². The maximum absolute atomic E-state index is 11.8. The smallest absolute Gasteiger partial charge is 0.314 e. The molecule has 1 aromatic rings. The fourth-order valence-corrected chi connectivity index (χ4v) is 2.81. The number of carbonyl (C=O) groups excluding carboxylic acids is 1. The molecule has 1 aromatic carbocycles. The lowest BCUT2D eigenvalue weighted by molar-refractivity contribution is 0.0410. The number of ether oxygens (including phenoxy) is 2. The highest BCUT2D eigenvalue weighted by atomic mass is 16.5. The van der Waals surface area contributed by atoms with Crippen LogP contribution >= 0.6 is 0 Å². The predicted molar refractivity (Wildman–Crippen MR) is 88.0 cm³/mol. The van der Waals surface area contributed by atoms with Gasteiger partial charge in [0.2, 0.25) is 0 Å². The molecule has 0 spiro atoms.